The van der Waals surface area contributed by atoms with Crippen LogP contribution in [-0.4, -0.2) is 21.8 Å². The number of nitrogens with zero attached hydrogens (tertiary/aromatic N) is 1. The SMILES string of the molecule is Nc1cc(CC(=O)CSC2CCCC2)ccn1. The van der Waals surface area contributed by atoms with Crippen LogP contribution in [0.15, 0.2) is 18.3 Å². The third-order valence-electron chi connectivity index (χ3n) is 3.03. The molecular formula is C13H18N2OS. The third kappa shape index (κ3) is 4.04. The van der Waals surface area contributed by atoms with E-state index in [9.17, 15) is 4.79 Å². The third-order valence-corrected chi connectivity index (χ3v) is 4.46. The summed E-state index contributed by atoms with van der Waals surface area (Å²) in [5, 5.41) is 0.710. The molecule has 1 aliphatic rings. The van der Waals surface area contributed by atoms with Gasteiger partial charge in [-0.3, -0.25) is 4.79 Å². The van der Waals surface area contributed by atoms with Gasteiger partial charge in [-0.25, -0.2) is 4.98 Å². The van der Waals surface area contributed by atoms with Crippen LogP contribution in [0.1, 0.15) is 31.2 Å². The monoisotopic (exact) mass is 250 g/mol. The molecular weight excluding hydrogens is 232 g/mol. The first-order valence-electron chi connectivity index (χ1n) is 6.08. The summed E-state index contributed by atoms with van der Waals surface area (Å²) in [5.74, 6) is 1.40. The van der Waals surface area contributed by atoms with E-state index in [1.165, 1.54) is 25.7 Å². The number of ketones is 1. The summed E-state index contributed by atoms with van der Waals surface area (Å²) >= 11 is 1.82. The molecule has 2 N–H and O–H groups in total. The fourth-order valence-electron chi connectivity index (χ4n) is 2.15. The van der Waals surface area contributed by atoms with Gasteiger partial charge in [-0.05, 0) is 30.5 Å². The minimum Gasteiger partial charge on any atom is -0.384 e. The number of rotatable bonds is 5. The Labute approximate surface area is 106 Å². The maximum Gasteiger partial charge on any atom is 0.147 e. The van der Waals surface area contributed by atoms with Crippen LogP contribution in [0.3, 0.4) is 0 Å². The molecule has 0 aliphatic heterocycles. The Balaban J connectivity index is 1.76. The summed E-state index contributed by atoms with van der Waals surface area (Å²) in [4.78, 5) is 15.7. The molecule has 0 saturated heterocycles. The number of hydrogen-bond donors (Lipinski definition) is 1. The van der Waals surface area contributed by atoms with Crippen LogP contribution in [0.2, 0.25) is 0 Å². The van der Waals surface area contributed by atoms with Crippen LogP contribution < -0.4 is 5.73 Å². The van der Waals surface area contributed by atoms with E-state index < -0.39 is 0 Å². The molecule has 0 amide bonds. The van der Waals surface area contributed by atoms with Crippen molar-refractivity contribution in [2.45, 2.75) is 37.4 Å². The van der Waals surface area contributed by atoms with E-state index in [2.05, 4.69) is 4.98 Å². The summed E-state index contributed by atoms with van der Waals surface area (Å²) in [6, 6.07) is 3.63. The molecule has 1 fully saturated rings. The van der Waals surface area contributed by atoms with E-state index in [1.54, 1.807) is 12.3 Å². The molecule has 1 saturated carbocycles. The zero-order valence-electron chi connectivity index (χ0n) is 9.89. The summed E-state index contributed by atoms with van der Waals surface area (Å²) in [7, 11) is 0. The summed E-state index contributed by atoms with van der Waals surface area (Å²) < 4.78 is 0. The van der Waals surface area contributed by atoms with E-state index in [4.69, 9.17) is 5.73 Å². The molecule has 1 aromatic rings. The van der Waals surface area contributed by atoms with Gasteiger partial charge in [0, 0.05) is 17.9 Å². The van der Waals surface area contributed by atoms with Crippen molar-refractivity contribution < 1.29 is 4.79 Å². The molecule has 92 valence electrons. The van der Waals surface area contributed by atoms with Crippen molar-refractivity contribution in [2.24, 2.45) is 0 Å². The zero-order chi connectivity index (χ0) is 12.1. The lowest BCUT2D eigenvalue weighted by Crippen LogP contribution is -2.09. The summed E-state index contributed by atoms with van der Waals surface area (Å²) in [6.45, 7) is 0. The lowest BCUT2D eigenvalue weighted by atomic mass is 10.1. The van der Waals surface area contributed by atoms with E-state index in [0.29, 0.717) is 23.2 Å². The van der Waals surface area contributed by atoms with Gasteiger partial charge in [0.2, 0.25) is 0 Å². The Morgan fingerprint density at radius 1 is 1.47 bits per heavy atom. The molecule has 1 aliphatic carbocycles. The van der Waals surface area contributed by atoms with Crippen LogP contribution in [0.4, 0.5) is 5.82 Å². The lowest BCUT2D eigenvalue weighted by Gasteiger charge is -2.07. The first-order chi connectivity index (χ1) is 8.24. The highest BCUT2D eigenvalue weighted by Gasteiger charge is 2.16. The van der Waals surface area contributed by atoms with Crippen LogP contribution in [-0.2, 0) is 11.2 Å². The molecule has 17 heavy (non-hydrogen) atoms. The van der Waals surface area contributed by atoms with Gasteiger partial charge in [0.1, 0.15) is 11.6 Å². The molecule has 3 nitrogen and oxygen atoms in total. The van der Waals surface area contributed by atoms with Crippen molar-refractivity contribution in [3.8, 4) is 0 Å². The van der Waals surface area contributed by atoms with Crippen LogP contribution in [0, 0.1) is 0 Å². The smallest absolute Gasteiger partial charge is 0.147 e. The molecule has 1 heterocycles. The fourth-order valence-corrected chi connectivity index (χ4v) is 3.34. The molecule has 0 aromatic carbocycles. The van der Waals surface area contributed by atoms with Gasteiger partial charge in [-0.2, -0.15) is 11.8 Å². The number of aromatic nitrogens is 1. The normalized spacial score (nSPS) is 16.2. The van der Waals surface area contributed by atoms with E-state index in [-0.39, 0.29) is 5.78 Å². The van der Waals surface area contributed by atoms with Gasteiger partial charge in [0.05, 0.1) is 5.75 Å². The molecule has 0 radical (unpaired) electrons. The largest absolute Gasteiger partial charge is 0.384 e. The number of thioether (sulfide) groups is 1. The number of hydrogen-bond acceptors (Lipinski definition) is 4. The number of carbonyl (C=O) groups is 1. The number of nitrogen functional groups attached to an aromatic ring is 1. The first kappa shape index (κ1) is 12.4. The van der Waals surface area contributed by atoms with Crippen molar-refractivity contribution in [3.05, 3.63) is 23.9 Å². The highest BCUT2D eigenvalue weighted by atomic mass is 32.2. The Morgan fingerprint density at radius 3 is 2.94 bits per heavy atom. The maximum absolute atomic E-state index is 11.8. The number of pyridine rings is 1. The van der Waals surface area contributed by atoms with Gasteiger partial charge in [0.15, 0.2) is 0 Å². The minimum absolute atomic E-state index is 0.285. The number of carbonyl (C=O) groups excluding carboxylic acids is 1. The van der Waals surface area contributed by atoms with Gasteiger partial charge < -0.3 is 5.73 Å². The van der Waals surface area contributed by atoms with Crippen LogP contribution in [0.5, 0.6) is 0 Å². The van der Waals surface area contributed by atoms with Crippen molar-refractivity contribution in [1.29, 1.82) is 0 Å². The predicted molar refractivity (Wildman–Crippen MR) is 72.1 cm³/mol. The lowest BCUT2D eigenvalue weighted by molar-refractivity contribution is -0.116. The highest BCUT2D eigenvalue weighted by Crippen LogP contribution is 2.29. The molecule has 0 bridgehead atoms. The number of anilines is 1. The average molecular weight is 250 g/mol. The summed E-state index contributed by atoms with van der Waals surface area (Å²) in [5.41, 5.74) is 6.55. The van der Waals surface area contributed by atoms with Crippen LogP contribution in [0.25, 0.3) is 0 Å². The van der Waals surface area contributed by atoms with Crippen LogP contribution >= 0.6 is 11.8 Å². The topological polar surface area (TPSA) is 56.0 Å². The second-order valence-corrected chi connectivity index (χ2v) is 5.81. The number of Topliss-reactive ketones (excluding diaryl/α,β-unsaturated/α-hetero) is 1. The van der Waals surface area contributed by atoms with Gasteiger partial charge >= 0.3 is 0 Å². The zero-order valence-corrected chi connectivity index (χ0v) is 10.7. The van der Waals surface area contributed by atoms with Crippen molar-refractivity contribution in [1.82, 2.24) is 4.98 Å². The van der Waals surface area contributed by atoms with Crippen molar-refractivity contribution in [2.75, 3.05) is 11.5 Å². The Morgan fingerprint density at radius 2 is 2.24 bits per heavy atom. The average Bonchev–Trinajstić information content (AvgIpc) is 2.79. The van der Waals surface area contributed by atoms with Gasteiger partial charge in [0.25, 0.3) is 0 Å². The second-order valence-electron chi connectivity index (χ2n) is 4.52. The Kier molecular flexibility index (Phi) is 4.42. The predicted octanol–water partition coefficient (Wildman–Crippen LogP) is 2.45. The quantitative estimate of drug-likeness (QED) is 0.872. The van der Waals surface area contributed by atoms with Crippen molar-refractivity contribution in [3.63, 3.8) is 0 Å². The molecule has 2 rings (SSSR count). The molecule has 0 atom stereocenters. The maximum atomic E-state index is 11.8. The second kappa shape index (κ2) is 6.05. The van der Waals surface area contributed by atoms with Gasteiger partial charge in [-0.15, -0.1) is 0 Å². The standard InChI is InChI=1S/C13H18N2OS/c14-13-8-10(5-6-15-13)7-11(16)9-17-12-3-1-2-4-12/h5-6,8,12H,1-4,7,9H2,(H2,14,15). The van der Waals surface area contributed by atoms with Gasteiger partial charge in [-0.1, -0.05) is 12.8 Å². The Bertz CT molecular complexity index is 389. The number of nitrogens with two attached hydrogens (primary N) is 1. The molecule has 0 unspecified atom stereocenters. The minimum atomic E-state index is 0.285. The first-order valence-corrected chi connectivity index (χ1v) is 7.12. The van der Waals surface area contributed by atoms with E-state index in [1.807, 2.05) is 17.8 Å². The Hall–Kier alpha value is -1.03. The molecule has 1 aromatic heterocycles. The highest BCUT2D eigenvalue weighted by molar-refractivity contribution is 8.00. The van der Waals surface area contributed by atoms with E-state index in [0.717, 1.165) is 5.56 Å². The van der Waals surface area contributed by atoms with E-state index >= 15 is 0 Å². The molecule has 0 spiro atoms. The molecule has 4 heteroatoms. The fraction of sp³-hybridized carbons (Fsp3) is 0.538. The van der Waals surface area contributed by atoms with Crippen molar-refractivity contribution >= 4 is 23.4 Å². The summed E-state index contributed by atoms with van der Waals surface area (Å²) in [6.07, 6.45) is 7.34.